The molecule has 0 saturated heterocycles. The fourth-order valence-corrected chi connectivity index (χ4v) is 4.80. The zero-order valence-corrected chi connectivity index (χ0v) is 32.0. The summed E-state index contributed by atoms with van der Waals surface area (Å²) >= 11 is 0. The van der Waals surface area contributed by atoms with Crippen LogP contribution in [-0.2, 0) is 44.7 Å². The van der Waals surface area contributed by atoms with Crippen LogP contribution >= 0.6 is 0 Å². The smallest absolute Gasteiger partial charge is 0.407 e. The lowest BCUT2D eigenvalue weighted by atomic mass is 10.1. The number of amides is 4. The second kappa shape index (κ2) is 24.7. The van der Waals surface area contributed by atoms with Gasteiger partial charge in [-0.05, 0) is 60.8 Å². The minimum Gasteiger partial charge on any atom is -0.496 e. The predicted octanol–water partition coefficient (Wildman–Crippen LogP) is 2.72. The average molecular weight is 739 g/mol. The van der Waals surface area contributed by atoms with Gasteiger partial charge in [0.05, 0.1) is 72.2 Å². The van der Waals surface area contributed by atoms with Crippen molar-refractivity contribution >= 4 is 35.4 Å². The minimum atomic E-state index is -1.000. The summed E-state index contributed by atoms with van der Waals surface area (Å²) in [7, 11) is 2.98. The summed E-state index contributed by atoms with van der Waals surface area (Å²) in [5.41, 5.74) is -0.0433. The van der Waals surface area contributed by atoms with Gasteiger partial charge in [0, 0.05) is 31.8 Å². The fraction of sp³-hybridized carbons (Fsp3) is 0.667. The Morgan fingerprint density at radius 2 is 1.38 bits per heavy atom. The van der Waals surface area contributed by atoms with E-state index in [1.165, 1.54) is 33.0 Å². The monoisotopic (exact) mass is 738 g/mol. The summed E-state index contributed by atoms with van der Waals surface area (Å²) in [6, 6.07) is 2.39. The number of hydrogen-bond acceptors (Lipinski definition) is 12. The van der Waals surface area contributed by atoms with Crippen LogP contribution in [0.1, 0.15) is 79.2 Å². The molecule has 0 aliphatic carbocycles. The summed E-state index contributed by atoms with van der Waals surface area (Å²) in [4.78, 5) is 75.0. The van der Waals surface area contributed by atoms with Gasteiger partial charge >= 0.3 is 6.09 Å². The number of hydrogen-bond donors (Lipinski definition) is 3. The Morgan fingerprint density at radius 3 is 1.94 bits per heavy atom. The number of methoxy groups -OCH3 is 2. The van der Waals surface area contributed by atoms with Crippen molar-refractivity contribution in [1.82, 2.24) is 20.9 Å². The highest BCUT2D eigenvalue weighted by atomic mass is 16.6. The molecule has 16 nitrogen and oxygen atoms in total. The molecule has 0 aliphatic heterocycles. The first-order chi connectivity index (χ1) is 24.6. The van der Waals surface area contributed by atoms with Gasteiger partial charge in [-0.3, -0.25) is 24.0 Å². The normalized spacial score (nSPS) is 11.5. The summed E-state index contributed by atoms with van der Waals surface area (Å²) in [6.45, 7) is 11.7. The van der Waals surface area contributed by atoms with Gasteiger partial charge in [0.1, 0.15) is 40.5 Å². The van der Waals surface area contributed by atoms with Gasteiger partial charge in [-0.25, -0.2) is 4.79 Å². The van der Waals surface area contributed by atoms with E-state index in [0.29, 0.717) is 42.3 Å². The highest BCUT2D eigenvalue weighted by Gasteiger charge is 2.28. The molecule has 0 aliphatic rings. The molecule has 0 heterocycles. The van der Waals surface area contributed by atoms with Crippen molar-refractivity contribution in [1.29, 1.82) is 0 Å². The van der Waals surface area contributed by atoms with Crippen molar-refractivity contribution < 1.29 is 57.2 Å². The van der Waals surface area contributed by atoms with Crippen molar-refractivity contribution in [3.63, 3.8) is 0 Å². The number of unbranched alkanes of at least 4 members (excludes halogenated alkanes) is 1. The van der Waals surface area contributed by atoms with Crippen molar-refractivity contribution in [3.05, 3.63) is 17.7 Å². The third-order valence-corrected chi connectivity index (χ3v) is 7.04. The summed E-state index contributed by atoms with van der Waals surface area (Å²) in [5.74, 6) is -0.638. The lowest BCUT2D eigenvalue weighted by molar-refractivity contribution is -0.138. The minimum absolute atomic E-state index is 0.0218. The van der Waals surface area contributed by atoms with Crippen LogP contribution in [0.3, 0.4) is 0 Å². The SMILES string of the molecule is CCOc1cc(OC)c(CN(CCOCCOCCNC(=O)OC(C)(C)C)C(=O)C(CCCCNC(=O)CC(C)=O)NC(=O)CC(C)=O)c(OC)c1. The first-order valence-corrected chi connectivity index (χ1v) is 17.4. The van der Waals surface area contributed by atoms with Crippen LogP contribution in [0.4, 0.5) is 4.79 Å². The molecule has 1 unspecified atom stereocenters. The number of Topliss-reactive ketones (excluding diaryl/α,β-unsaturated/α-hetero) is 2. The van der Waals surface area contributed by atoms with Crippen LogP contribution in [0.5, 0.6) is 17.2 Å². The summed E-state index contributed by atoms with van der Waals surface area (Å²) in [5, 5.41) is 7.99. The van der Waals surface area contributed by atoms with Crippen molar-refractivity contribution in [2.24, 2.45) is 0 Å². The predicted molar refractivity (Wildman–Crippen MR) is 191 cm³/mol. The van der Waals surface area contributed by atoms with Crippen molar-refractivity contribution in [2.45, 2.75) is 91.8 Å². The van der Waals surface area contributed by atoms with Crippen LogP contribution in [-0.4, -0.2) is 119 Å². The second-order valence-electron chi connectivity index (χ2n) is 12.9. The fourth-order valence-electron chi connectivity index (χ4n) is 4.80. The molecule has 1 atom stereocenters. The first kappa shape index (κ1) is 45.6. The van der Waals surface area contributed by atoms with E-state index in [9.17, 15) is 28.8 Å². The topological polar surface area (TPSA) is 197 Å². The summed E-state index contributed by atoms with van der Waals surface area (Å²) < 4.78 is 33.4. The van der Waals surface area contributed by atoms with E-state index in [0.717, 1.165) is 0 Å². The zero-order chi connectivity index (χ0) is 39.1. The lowest BCUT2D eigenvalue weighted by Crippen LogP contribution is -2.49. The number of carbonyl (C=O) groups is 6. The third-order valence-electron chi connectivity index (χ3n) is 7.04. The van der Waals surface area contributed by atoms with Gasteiger partial charge in [0.15, 0.2) is 0 Å². The maximum Gasteiger partial charge on any atom is 0.407 e. The number of rotatable bonds is 26. The number of nitrogens with zero attached hydrogens (tertiary/aromatic N) is 1. The van der Waals surface area contributed by atoms with Crippen LogP contribution in [0.2, 0.25) is 0 Å². The Bertz CT molecular complexity index is 1290. The second-order valence-corrected chi connectivity index (χ2v) is 12.9. The quantitative estimate of drug-likeness (QED) is 0.0930. The molecule has 0 saturated carbocycles. The molecule has 1 aromatic carbocycles. The van der Waals surface area contributed by atoms with Crippen LogP contribution in [0.15, 0.2) is 12.1 Å². The number of nitrogens with one attached hydrogen (secondary N) is 3. The van der Waals surface area contributed by atoms with Gasteiger partial charge in [-0.1, -0.05) is 0 Å². The van der Waals surface area contributed by atoms with E-state index in [1.54, 1.807) is 32.9 Å². The summed E-state index contributed by atoms with van der Waals surface area (Å²) in [6.07, 6.45) is -0.00288. The van der Waals surface area contributed by atoms with Crippen LogP contribution in [0.25, 0.3) is 0 Å². The molecule has 52 heavy (non-hydrogen) atoms. The lowest BCUT2D eigenvalue weighted by Gasteiger charge is -2.29. The van der Waals surface area contributed by atoms with Gasteiger partial charge in [0.2, 0.25) is 17.7 Å². The largest absolute Gasteiger partial charge is 0.496 e. The highest BCUT2D eigenvalue weighted by Crippen LogP contribution is 2.35. The Morgan fingerprint density at radius 1 is 0.788 bits per heavy atom. The molecule has 0 fully saturated rings. The Hall–Kier alpha value is -4.44. The molecular weight excluding hydrogens is 680 g/mol. The molecular formula is C36H58N4O12. The number of carbonyl (C=O) groups excluding carboxylic acids is 6. The Balaban J connectivity index is 3.08. The maximum absolute atomic E-state index is 14.2. The van der Waals surface area contributed by atoms with Gasteiger partial charge < -0.3 is 49.3 Å². The van der Waals surface area contributed by atoms with E-state index in [2.05, 4.69) is 16.0 Å². The Kier molecular flexibility index (Phi) is 21.6. The van der Waals surface area contributed by atoms with E-state index in [1.807, 2.05) is 6.92 Å². The van der Waals surface area contributed by atoms with E-state index < -0.39 is 29.6 Å². The molecule has 0 radical (unpaired) electrons. The molecule has 1 aromatic rings. The zero-order valence-electron chi connectivity index (χ0n) is 32.0. The van der Waals surface area contributed by atoms with E-state index in [4.69, 9.17) is 28.4 Å². The third kappa shape index (κ3) is 19.8. The van der Waals surface area contributed by atoms with Gasteiger partial charge in [0.25, 0.3) is 0 Å². The van der Waals surface area contributed by atoms with Gasteiger partial charge in [-0.15, -0.1) is 0 Å². The molecule has 0 spiro atoms. The standard InChI is InChI=1S/C36H58N4O12/c1-9-51-27-22-30(47-7)28(31(23-27)48-8)24-40(15-17-50-19-18-49-16-14-38-35(46)52-36(4,5)6)34(45)29(39-33(44)21-26(3)42)12-10-11-13-37-32(43)20-25(2)41/h22-23,29H,9-21,24H2,1-8H3,(H,37,43)(H,38,46)(H,39,44). The molecule has 294 valence electrons. The number of ether oxygens (including phenoxy) is 6. The highest BCUT2D eigenvalue weighted by molar-refractivity contribution is 5.98. The van der Waals surface area contributed by atoms with Crippen molar-refractivity contribution in [2.75, 3.05) is 66.9 Å². The molecule has 0 bridgehead atoms. The van der Waals surface area contributed by atoms with E-state index in [-0.39, 0.29) is 89.3 Å². The van der Waals surface area contributed by atoms with Crippen molar-refractivity contribution in [3.8, 4) is 17.2 Å². The number of benzene rings is 1. The van der Waals surface area contributed by atoms with Crippen LogP contribution < -0.4 is 30.2 Å². The maximum atomic E-state index is 14.2. The first-order valence-electron chi connectivity index (χ1n) is 17.4. The molecule has 3 N–H and O–H groups in total. The Labute approximate surface area is 306 Å². The average Bonchev–Trinajstić information content (AvgIpc) is 3.04. The molecule has 1 rings (SSSR count). The number of alkyl carbamates (subject to hydrolysis) is 1. The molecule has 4 amide bonds. The van der Waals surface area contributed by atoms with Crippen LogP contribution in [0, 0.1) is 0 Å². The van der Waals surface area contributed by atoms with E-state index >= 15 is 0 Å². The molecule has 16 heteroatoms. The number of ketones is 2. The van der Waals surface area contributed by atoms with Gasteiger partial charge in [-0.2, -0.15) is 0 Å². The molecule has 0 aromatic heterocycles.